The molecule has 11 atom stereocenters. The van der Waals surface area contributed by atoms with Gasteiger partial charge in [0.1, 0.15) is 11.9 Å². The molecular formula is C39H54O6. The Balaban J connectivity index is 1.29. The molecule has 0 aromatic heterocycles. The van der Waals surface area contributed by atoms with Gasteiger partial charge in [-0.3, -0.25) is 4.79 Å². The second kappa shape index (κ2) is 10.7. The number of carbonyl (C=O) groups is 2. The van der Waals surface area contributed by atoms with Crippen LogP contribution in [0.15, 0.2) is 42.0 Å². The van der Waals surface area contributed by atoms with Crippen molar-refractivity contribution in [2.45, 2.75) is 112 Å². The van der Waals surface area contributed by atoms with Crippen molar-refractivity contribution in [3.05, 3.63) is 47.6 Å². The van der Waals surface area contributed by atoms with Crippen molar-refractivity contribution in [3.8, 4) is 5.75 Å². The number of fused-ring (bicyclic) bond motifs is 7. The van der Waals surface area contributed by atoms with Gasteiger partial charge >= 0.3 is 11.9 Å². The first-order valence-corrected chi connectivity index (χ1v) is 17.3. The lowest BCUT2D eigenvalue weighted by Gasteiger charge is -2.71. The van der Waals surface area contributed by atoms with Gasteiger partial charge in [-0.05, 0) is 121 Å². The fraction of sp³-hybridized carbons (Fsp3) is 0.692. The quantitative estimate of drug-likeness (QED) is 0.179. The number of aromatic hydroxyl groups is 1. The number of rotatable bonds is 4. The molecule has 0 heterocycles. The second-order valence-electron chi connectivity index (χ2n) is 17.0. The minimum atomic E-state index is -0.780. The molecule has 45 heavy (non-hydrogen) atoms. The summed E-state index contributed by atoms with van der Waals surface area (Å²) in [5.74, 6) is 0.617. The van der Waals surface area contributed by atoms with Gasteiger partial charge in [0.05, 0.1) is 11.5 Å². The topological polar surface area (TPSA) is 104 Å². The van der Waals surface area contributed by atoms with E-state index in [1.807, 2.05) is 0 Å². The molecule has 0 bridgehead atoms. The zero-order valence-corrected chi connectivity index (χ0v) is 28.3. The number of carboxylic acids is 1. The SMILES string of the molecule is C[C@@H]1CC[C@]2(C(=O)O)CC[C@]3(C)C(=CC[C@@H]4[C@@]5(C)C[C@@H](O)[C@H](OC(=O)/C=C\c6ccc(O)cc6)C(C)(C)[C@@H]5CC[C@]43C)C2[C@H]1C. The van der Waals surface area contributed by atoms with Crippen LogP contribution < -0.4 is 0 Å². The standard InChI is InChI=1S/C39H54O6/c1-23-16-19-39(34(43)44)21-20-37(6)27(32(39)24(23)2)13-14-30-36(5)22-28(41)33(35(3,4)29(36)17-18-38(30,37)7)45-31(42)15-10-25-8-11-26(40)12-9-25/h8-13,15,23-24,28-30,32-33,40-41H,14,16-22H2,1-7H3,(H,43,44)/b15-10-/t23-,24+,28-,29+,30-,32?,33+,36+,37-,38-,39+/m1/s1. The number of aliphatic hydroxyl groups is 1. The van der Waals surface area contributed by atoms with E-state index >= 15 is 0 Å². The van der Waals surface area contributed by atoms with Crippen LogP contribution in [0.4, 0.5) is 0 Å². The van der Waals surface area contributed by atoms with Crippen LogP contribution in [0.3, 0.4) is 0 Å². The van der Waals surface area contributed by atoms with Gasteiger partial charge in [0.2, 0.25) is 0 Å². The molecule has 4 fully saturated rings. The van der Waals surface area contributed by atoms with Gasteiger partial charge in [-0.2, -0.15) is 0 Å². The van der Waals surface area contributed by atoms with E-state index in [0.717, 1.165) is 50.5 Å². The summed E-state index contributed by atoms with van der Waals surface area (Å²) in [7, 11) is 0. The fourth-order valence-electron chi connectivity index (χ4n) is 12.1. The zero-order valence-electron chi connectivity index (χ0n) is 28.3. The lowest BCUT2D eigenvalue weighted by Crippen LogP contribution is -2.67. The number of carboxylic acid groups (broad SMARTS) is 1. The van der Waals surface area contributed by atoms with Crippen molar-refractivity contribution in [1.82, 2.24) is 0 Å². The number of phenolic OH excluding ortho intramolecular Hbond substituents is 1. The van der Waals surface area contributed by atoms with Crippen LogP contribution in [0.2, 0.25) is 0 Å². The highest BCUT2D eigenvalue weighted by atomic mass is 16.6. The van der Waals surface area contributed by atoms with Crippen LogP contribution in [0.1, 0.15) is 105 Å². The van der Waals surface area contributed by atoms with Crippen molar-refractivity contribution >= 4 is 18.0 Å². The second-order valence-corrected chi connectivity index (χ2v) is 17.0. The van der Waals surface area contributed by atoms with Gasteiger partial charge in [0.15, 0.2) is 0 Å². The normalized spacial score (nSPS) is 45.3. The van der Waals surface area contributed by atoms with E-state index in [0.29, 0.717) is 24.2 Å². The maximum Gasteiger partial charge on any atom is 0.331 e. The minimum absolute atomic E-state index is 0.0143. The molecule has 1 aromatic carbocycles. The van der Waals surface area contributed by atoms with E-state index in [9.17, 15) is 24.9 Å². The molecule has 1 unspecified atom stereocenters. The van der Waals surface area contributed by atoms with Crippen molar-refractivity contribution < 1.29 is 29.6 Å². The highest BCUT2D eigenvalue weighted by molar-refractivity contribution is 5.87. The molecule has 4 saturated carbocycles. The fourth-order valence-corrected chi connectivity index (χ4v) is 12.1. The Kier molecular flexibility index (Phi) is 7.70. The summed E-state index contributed by atoms with van der Waals surface area (Å²) in [5, 5.41) is 32.0. The molecule has 246 valence electrons. The van der Waals surface area contributed by atoms with Crippen LogP contribution in [0, 0.1) is 56.7 Å². The number of carbonyl (C=O) groups excluding carboxylic acids is 1. The van der Waals surface area contributed by atoms with Gasteiger partial charge in [-0.25, -0.2) is 4.79 Å². The van der Waals surface area contributed by atoms with Crippen molar-refractivity contribution in [1.29, 1.82) is 0 Å². The Bertz CT molecular complexity index is 1410. The lowest BCUT2D eigenvalue weighted by atomic mass is 9.33. The number of hydrogen-bond acceptors (Lipinski definition) is 5. The summed E-state index contributed by atoms with van der Waals surface area (Å²) in [6.07, 6.45) is 11.1. The van der Waals surface area contributed by atoms with Crippen LogP contribution in [0.25, 0.3) is 6.08 Å². The lowest BCUT2D eigenvalue weighted by molar-refractivity contribution is -0.238. The van der Waals surface area contributed by atoms with Gasteiger partial charge in [0.25, 0.3) is 0 Å². The van der Waals surface area contributed by atoms with Gasteiger partial charge < -0.3 is 20.1 Å². The van der Waals surface area contributed by atoms with Crippen molar-refractivity contribution in [3.63, 3.8) is 0 Å². The molecule has 0 radical (unpaired) electrons. The number of aliphatic hydroxyl groups excluding tert-OH is 1. The van der Waals surface area contributed by atoms with Crippen LogP contribution in [-0.4, -0.2) is 39.5 Å². The summed E-state index contributed by atoms with van der Waals surface area (Å²) >= 11 is 0. The molecule has 0 saturated heterocycles. The van der Waals surface area contributed by atoms with Gasteiger partial charge in [-0.1, -0.05) is 72.2 Å². The summed E-state index contributed by atoms with van der Waals surface area (Å²) < 4.78 is 6.05. The van der Waals surface area contributed by atoms with E-state index in [1.54, 1.807) is 30.3 Å². The number of esters is 1. The van der Waals surface area contributed by atoms with Crippen molar-refractivity contribution in [2.75, 3.05) is 0 Å². The number of benzene rings is 1. The Hall–Kier alpha value is -2.60. The van der Waals surface area contributed by atoms with Crippen LogP contribution in [0.5, 0.6) is 5.75 Å². The summed E-state index contributed by atoms with van der Waals surface area (Å²) in [6.45, 7) is 16.2. The largest absolute Gasteiger partial charge is 0.508 e. The number of phenols is 1. The predicted octanol–water partition coefficient (Wildman–Crippen LogP) is 8.03. The smallest absolute Gasteiger partial charge is 0.331 e. The minimum Gasteiger partial charge on any atom is -0.508 e. The monoisotopic (exact) mass is 618 g/mol. The first-order chi connectivity index (χ1) is 21.0. The number of allylic oxidation sites excluding steroid dienone is 2. The van der Waals surface area contributed by atoms with Crippen LogP contribution >= 0.6 is 0 Å². The van der Waals surface area contributed by atoms with Gasteiger partial charge in [-0.15, -0.1) is 0 Å². The number of hydrogen-bond donors (Lipinski definition) is 3. The number of aliphatic carboxylic acids is 1. The first-order valence-electron chi connectivity index (χ1n) is 17.3. The Labute approximate surface area is 269 Å². The average Bonchev–Trinajstić information content (AvgIpc) is 2.97. The zero-order chi connectivity index (χ0) is 32.7. The maximum absolute atomic E-state index is 13.0. The molecule has 0 aliphatic heterocycles. The molecule has 6 heteroatoms. The summed E-state index contributed by atoms with van der Waals surface area (Å²) in [6, 6.07) is 6.62. The molecular weight excluding hydrogens is 564 g/mol. The molecule has 6 nitrogen and oxygen atoms in total. The third kappa shape index (κ3) is 4.58. The summed E-state index contributed by atoms with van der Waals surface area (Å²) in [4.78, 5) is 26.0. The maximum atomic E-state index is 13.0. The Morgan fingerprint density at radius 2 is 1.62 bits per heavy atom. The Morgan fingerprint density at radius 3 is 2.29 bits per heavy atom. The van der Waals surface area contributed by atoms with E-state index in [4.69, 9.17) is 4.74 Å². The third-order valence-corrected chi connectivity index (χ3v) is 14.9. The van der Waals surface area contributed by atoms with E-state index < -0.39 is 35.0 Å². The summed E-state index contributed by atoms with van der Waals surface area (Å²) in [5.41, 5.74) is 0.857. The molecule has 5 aliphatic rings. The first kappa shape index (κ1) is 32.3. The van der Waals surface area contributed by atoms with E-state index in [1.165, 1.54) is 11.6 Å². The predicted molar refractivity (Wildman–Crippen MR) is 175 cm³/mol. The molecule has 3 N–H and O–H groups in total. The molecule has 6 rings (SSSR count). The Morgan fingerprint density at radius 1 is 0.933 bits per heavy atom. The molecule has 1 aromatic rings. The molecule has 0 amide bonds. The van der Waals surface area contributed by atoms with E-state index in [2.05, 4.69) is 54.5 Å². The van der Waals surface area contributed by atoms with Gasteiger partial charge in [0, 0.05) is 11.5 Å². The molecule has 5 aliphatic carbocycles. The molecule has 0 spiro atoms. The number of ether oxygens (including phenoxy) is 1. The van der Waals surface area contributed by atoms with Crippen molar-refractivity contribution in [2.24, 2.45) is 56.7 Å². The van der Waals surface area contributed by atoms with E-state index in [-0.39, 0.29) is 33.8 Å². The third-order valence-electron chi connectivity index (χ3n) is 14.9. The van der Waals surface area contributed by atoms with Crippen LogP contribution in [-0.2, 0) is 14.3 Å². The average molecular weight is 619 g/mol. The highest BCUT2D eigenvalue weighted by Crippen LogP contribution is 2.75. The highest BCUT2D eigenvalue weighted by Gasteiger charge is 2.70.